The maximum absolute atomic E-state index is 12.0. The summed E-state index contributed by atoms with van der Waals surface area (Å²) in [5, 5.41) is 12.0. The summed E-state index contributed by atoms with van der Waals surface area (Å²) in [6.45, 7) is 21.9. The number of para-hydroxylation sites is 2. The van der Waals surface area contributed by atoms with Crippen LogP contribution < -0.4 is 0 Å². The van der Waals surface area contributed by atoms with Crippen molar-refractivity contribution in [2.24, 2.45) is 0 Å². The fraction of sp³-hybridized carbons (Fsp3) is 0.302. The molecule has 48 heavy (non-hydrogen) atoms. The first-order chi connectivity index (χ1) is 22.0. The Balaban J connectivity index is 0.00000451. The van der Waals surface area contributed by atoms with Crippen molar-refractivity contribution in [2.45, 2.75) is 85.5 Å². The zero-order chi connectivity index (χ0) is 33.9. The summed E-state index contributed by atoms with van der Waals surface area (Å²) < 4.78 is 2.22. The molecule has 0 aliphatic rings. The Morgan fingerprint density at radius 2 is 1.31 bits per heavy atom. The van der Waals surface area contributed by atoms with E-state index in [-0.39, 0.29) is 43.1 Å². The topological polar surface area (TPSA) is 50.9 Å². The third kappa shape index (κ3) is 6.65. The van der Waals surface area contributed by atoms with Gasteiger partial charge in [0.05, 0.1) is 22.3 Å². The van der Waals surface area contributed by atoms with Crippen LogP contribution in [0.2, 0.25) is 0 Å². The molecular formula is C43H46N3OPt-. The third-order valence-corrected chi connectivity index (χ3v) is 9.03. The molecule has 2 heterocycles. The van der Waals surface area contributed by atoms with Crippen LogP contribution in [0.25, 0.3) is 50.5 Å². The second kappa shape index (κ2) is 12.8. The molecule has 5 heteroatoms. The van der Waals surface area contributed by atoms with Gasteiger partial charge in [0.2, 0.25) is 0 Å². The SMILES string of the molecule is Cc1ccccc1-n1c(-c2cc(C(C)(C)C)cc(C(C)(C)C)c2O)nc2c(-c3[c-]c(-c4ccccn4)cc(C(C)(C)C)c3)cccc21.[Pt]. The van der Waals surface area contributed by atoms with Crippen molar-refractivity contribution in [2.75, 3.05) is 0 Å². The van der Waals surface area contributed by atoms with Crippen LogP contribution in [0.5, 0.6) is 5.75 Å². The molecule has 0 bridgehead atoms. The van der Waals surface area contributed by atoms with E-state index in [1.54, 1.807) is 0 Å². The number of aromatic hydroxyl groups is 1. The van der Waals surface area contributed by atoms with Gasteiger partial charge in [0.1, 0.15) is 11.6 Å². The number of rotatable bonds is 4. The number of fused-ring (bicyclic) bond motifs is 1. The van der Waals surface area contributed by atoms with Crippen LogP contribution in [-0.4, -0.2) is 19.6 Å². The number of nitrogens with zero attached hydrogens (tertiary/aromatic N) is 3. The predicted octanol–water partition coefficient (Wildman–Crippen LogP) is 11.1. The van der Waals surface area contributed by atoms with E-state index in [0.717, 1.165) is 61.4 Å². The van der Waals surface area contributed by atoms with Crippen LogP contribution in [0.1, 0.15) is 84.6 Å². The zero-order valence-corrected chi connectivity index (χ0v) is 32.0. The molecule has 2 aromatic heterocycles. The molecule has 6 rings (SSSR count). The number of phenols is 1. The van der Waals surface area contributed by atoms with Crippen LogP contribution in [0.3, 0.4) is 0 Å². The van der Waals surface area contributed by atoms with Gasteiger partial charge in [0.15, 0.2) is 0 Å². The second-order valence-corrected chi connectivity index (χ2v) is 15.8. The summed E-state index contributed by atoms with van der Waals surface area (Å²) in [5.41, 5.74) is 11.3. The van der Waals surface area contributed by atoms with Gasteiger partial charge in [-0.1, -0.05) is 122 Å². The Bertz CT molecular complexity index is 2110. The van der Waals surface area contributed by atoms with Crippen molar-refractivity contribution in [3.8, 4) is 45.2 Å². The summed E-state index contributed by atoms with van der Waals surface area (Å²) in [4.78, 5) is 10.1. The summed E-state index contributed by atoms with van der Waals surface area (Å²) in [7, 11) is 0. The summed E-state index contributed by atoms with van der Waals surface area (Å²) in [6.07, 6.45) is 1.83. The van der Waals surface area contributed by atoms with Gasteiger partial charge in [-0.25, -0.2) is 4.98 Å². The molecule has 0 aliphatic heterocycles. The molecule has 0 atom stereocenters. The summed E-state index contributed by atoms with van der Waals surface area (Å²) >= 11 is 0. The van der Waals surface area contributed by atoms with Crippen LogP contribution in [0.15, 0.2) is 91.1 Å². The fourth-order valence-electron chi connectivity index (χ4n) is 6.17. The molecule has 0 amide bonds. The van der Waals surface area contributed by atoms with Gasteiger partial charge < -0.3 is 5.11 Å². The minimum atomic E-state index is -0.269. The van der Waals surface area contributed by atoms with Crippen molar-refractivity contribution in [1.82, 2.24) is 14.5 Å². The number of hydrogen-bond acceptors (Lipinski definition) is 3. The van der Waals surface area contributed by atoms with Gasteiger partial charge in [0.25, 0.3) is 0 Å². The number of benzene rings is 4. The molecule has 1 N–H and O–H groups in total. The van der Waals surface area contributed by atoms with Crippen molar-refractivity contribution >= 4 is 11.0 Å². The van der Waals surface area contributed by atoms with Crippen LogP contribution in [-0.2, 0) is 37.3 Å². The average molecular weight is 816 g/mol. The normalized spacial score (nSPS) is 12.3. The molecule has 6 aromatic rings. The monoisotopic (exact) mass is 815 g/mol. The third-order valence-electron chi connectivity index (χ3n) is 9.03. The smallest absolute Gasteiger partial charge is 0.148 e. The number of phenolic OH excluding ortho intramolecular Hbond substituents is 1. The standard InChI is InChI=1S/C43H46N3O.Pt/c1-27-16-11-12-19-36(27)46-37-20-15-17-32(28-22-29(35-18-13-14-21-44-35)24-30(23-28)41(2,3)4)38(37)45-40(46)33-25-31(42(5,6)7)26-34(39(33)47)43(8,9)10;/h11-21,23-26,47H,1-10H3;/q-1;. The van der Waals surface area contributed by atoms with E-state index in [4.69, 9.17) is 4.98 Å². The molecule has 0 unspecified atom stereocenters. The van der Waals surface area contributed by atoms with Crippen LogP contribution in [0.4, 0.5) is 0 Å². The van der Waals surface area contributed by atoms with Gasteiger partial charge in [-0.2, -0.15) is 0 Å². The van der Waals surface area contributed by atoms with E-state index in [1.165, 1.54) is 5.56 Å². The van der Waals surface area contributed by atoms with E-state index >= 15 is 0 Å². The van der Waals surface area contributed by atoms with E-state index in [9.17, 15) is 5.11 Å². The van der Waals surface area contributed by atoms with Crippen molar-refractivity contribution in [3.63, 3.8) is 0 Å². The molecule has 0 saturated heterocycles. The first kappa shape index (κ1) is 35.3. The van der Waals surface area contributed by atoms with Crippen LogP contribution in [0, 0.1) is 13.0 Å². The number of aryl methyl sites for hydroxylation is 1. The number of pyridine rings is 1. The van der Waals surface area contributed by atoms with E-state index < -0.39 is 0 Å². The van der Waals surface area contributed by atoms with Gasteiger partial charge in [-0.3, -0.25) is 9.55 Å². The van der Waals surface area contributed by atoms with Crippen LogP contribution >= 0.6 is 0 Å². The summed E-state index contributed by atoms with van der Waals surface area (Å²) in [6, 6.07) is 33.2. The zero-order valence-electron chi connectivity index (χ0n) is 29.8. The Labute approximate surface area is 300 Å². The Kier molecular flexibility index (Phi) is 9.40. The number of hydrogen-bond donors (Lipinski definition) is 1. The molecule has 0 saturated carbocycles. The van der Waals surface area contributed by atoms with E-state index in [0.29, 0.717) is 5.82 Å². The fourth-order valence-corrected chi connectivity index (χ4v) is 6.17. The minimum Gasteiger partial charge on any atom is -0.507 e. The molecule has 0 aliphatic carbocycles. The maximum atomic E-state index is 12.0. The van der Waals surface area contributed by atoms with Crippen molar-refractivity contribution in [1.29, 1.82) is 0 Å². The van der Waals surface area contributed by atoms with Gasteiger partial charge in [-0.05, 0) is 58.6 Å². The van der Waals surface area contributed by atoms with Gasteiger partial charge in [-0.15, -0.1) is 29.3 Å². The van der Waals surface area contributed by atoms with Gasteiger partial charge >= 0.3 is 0 Å². The molecule has 0 fully saturated rings. The predicted molar refractivity (Wildman–Crippen MR) is 197 cm³/mol. The van der Waals surface area contributed by atoms with E-state index in [2.05, 4.69) is 152 Å². The molecule has 0 radical (unpaired) electrons. The molecule has 4 nitrogen and oxygen atoms in total. The average Bonchev–Trinajstić information content (AvgIpc) is 3.39. The molecule has 4 aromatic carbocycles. The maximum Gasteiger partial charge on any atom is 0.148 e. The largest absolute Gasteiger partial charge is 0.507 e. The first-order valence-corrected chi connectivity index (χ1v) is 16.5. The van der Waals surface area contributed by atoms with E-state index in [1.807, 2.05) is 24.4 Å². The first-order valence-electron chi connectivity index (χ1n) is 16.5. The molecule has 0 spiro atoms. The van der Waals surface area contributed by atoms with Crippen molar-refractivity contribution < 1.29 is 26.2 Å². The molecular weight excluding hydrogens is 770 g/mol. The Morgan fingerprint density at radius 1 is 0.667 bits per heavy atom. The Hall–Kier alpha value is -4.01. The second-order valence-electron chi connectivity index (χ2n) is 15.8. The number of aromatic nitrogens is 3. The minimum absolute atomic E-state index is 0. The summed E-state index contributed by atoms with van der Waals surface area (Å²) in [5.74, 6) is 0.990. The molecule has 250 valence electrons. The number of imidazole rings is 1. The van der Waals surface area contributed by atoms with Gasteiger partial charge in [0, 0.05) is 38.5 Å². The Morgan fingerprint density at radius 3 is 1.94 bits per heavy atom. The quantitative estimate of drug-likeness (QED) is 0.180. The van der Waals surface area contributed by atoms with Crippen molar-refractivity contribution in [3.05, 3.63) is 119 Å².